The number of aromatic hydroxyl groups is 1. The van der Waals surface area contributed by atoms with E-state index in [0.29, 0.717) is 18.4 Å². The molecule has 7 nitrogen and oxygen atoms in total. The van der Waals surface area contributed by atoms with E-state index in [-0.39, 0.29) is 17.4 Å². The molecule has 1 N–H and O–H groups in total. The van der Waals surface area contributed by atoms with Crippen molar-refractivity contribution in [3.63, 3.8) is 0 Å². The first kappa shape index (κ1) is 18.8. The first-order valence-electron chi connectivity index (χ1n) is 10.5. The van der Waals surface area contributed by atoms with Gasteiger partial charge in [0.2, 0.25) is 6.39 Å². The smallest absolute Gasteiger partial charge is 0.251 e. The predicted octanol–water partition coefficient (Wildman–Crippen LogP) is 4.02. The second-order valence-electron chi connectivity index (χ2n) is 7.69. The summed E-state index contributed by atoms with van der Waals surface area (Å²) in [6.07, 6.45) is 2.47. The summed E-state index contributed by atoms with van der Waals surface area (Å²) >= 11 is 0. The van der Waals surface area contributed by atoms with E-state index in [0.717, 1.165) is 59.1 Å². The van der Waals surface area contributed by atoms with Gasteiger partial charge in [-0.25, -0.2) is 0 Å². The SMILES string of the molecule is CCN(CC)CCn1c2ccc(-c3nnco3)c(O)c2c2c3c(ccc21)C(=O)CC3. The van der Waals surface area contributed by atoms with Crippen LogP contribution in [0, 0.1) is 0 Å². The molecule has 2 aromatic carbocycles. The van der Waals surface area contributed by atoms with Crippen LogP contribution in [-0.4, -0.2) is 50.2 Å². The van der Waals surface area contributed by atoms with Crippen LogP contribution in [0.2, 0.25) is 0 Å². The fourth-order valence-electron chi connectivity index (χ4n) is 4.70. The maximum absolute atomic E-state index is 12.4. The maximum Gasteiger partial charge on any atom is 0.251 e. The Morgan fingerprint density at radius 3 is 2.50 bits per heavy atom. The average Bonchev–Trinajstić information content (AvgIpc) is 3.48. The van der Waals surface area contributed by atoms with Crippen molar-refractivity contribution in [1.82, 2.24) is 19.7 Å². The average molecular weight is 404 g/mol. The number of carbonyl (C=O) groups excluding carboxylic acids is 1. The number of ketones is 1. The Labute approximate surface area is 173 Å². The van der Waals surface area contributed by atoms with Crippen LogP contribution in [0.15, 0.2) is 35.1 Å². The molecule has 0 saturated heterocycles. The number of phenolic OH excluding ortho intramolecular Hbond substituents is 1. The minimum Gasteiger partial charge on any atom is -0.506 e. The first-order valence-corrected chi connectivity index (χ1v) is 10.5. The van der Waals surface area contributed by atoms with E-state index >= 15 is 0 Å². The highest BCUT2D eigenvalue weighted by Gasteiger charge is 2.27. The lowest BCUT2D eigenvalue weighted by Crippen LogP contribution is -2.26. The van der Waals surface area contributed by atoms with Gasteiger partial charge in [0.05, 0.1) is 16.5 Å². The van der Waals surface area contributed by atoms with Crippen molar-refractivity contribution in [2.45, 2.75) is 33.2 Å². The summed E-state index contributed by atoms with van der Waals surface area (Å²) in [6, 6.07) is 7.78. The minimum absolute atomic E-state index is 0.121. The Morgan fingerprint density at radius 2 is 1.80 bits per heavy atom. The van der Waals surface area contributed by atoms with Gasteiger partial charge in [-0.1, -0.05) is 13.8 Å². The molecule has 0 saturated carbocycles. The van der Waals surface area contributed by atoms with E-state index in [1.807, 2.05) is 24.3 Å². The van der Waals surface area contributed by atoms with Crippen LogP contribution in [-0.2, 0) is 13.0 Å². The van der Waals surface area contributed by atoms with Crippen LogP contribution in [0.25, 0.3) is 33.3 Å². The van der Waals surface area contributed by atoms with Gasteiger partial charge in [-0.3, -0.25) is 4.79 Å². The zero-order valence-electron chi connectivity index (χ0n) is 17.2. The molecule has 154 valence electrons. The first-order chi connectivity index (χ1) is 14.6. The number of rotatable bonds is 6. The zero-order chi connectivity index (χ0) is 20.8. The summed E-state index contributed by atoms with van der Waals surface area (Å²) in [5, 5.41) is 20.7. The van der Waals surface area contributed by atoms with Crippen LogP contribution in [0.1, 0.15) is 36.2 Å². The molecule has 1 aliphatic rings. The lowest BCUT2D eigenvalue weighted by Gasteiger charge is -2.19. The van der Waals surface area contributed by atoms with Crippen molar-refractivity contribution in [3.05, 3.63) is 41.8 Å². The van der Waals surface area contributed by atoms with Gasteiger partial charge in [-0.05, 0) is 49.3 Å². The van der Waals surface area contributed by atoms with Crippen LogP contribution >= 0.6 is 0 Å². The molecule has 1 aliphatic carbocycles. The Balaban J connectivity index is 1.79. The molecule has 7 heteroatoms. The van der Waals surface area contributed by atoms with Gasteiger partial charge in [-0.2, -0.15) is 0 Å². The van der Waals surface area contributed by atoms with Crippen molar-refractivity contribution in [1.29, 1.82) is 0 Å². The topological polar surface area (TPSA) is 84.4 Å². The molecule has 0 fully saturated rings. The third-order valence-corrected chi connectivity index (χ3v) is 6.31. The summed E-state index contributed by atoms with van der Waals surface area (Å²) in [7, 11) is 0. The Bertz CT molecular complexity index is 1250. The van der Waals surface area contributed by atoms with Gasteiger partial charge >= 0.3 is 0 Å². The number of aromatic nitrogens is 3. The van der Waals surface area contributed by atoms with Crippen LogP contribution in [0.3, 0.4) is 0 Å². The van der Waals surface area contributed by atoms with E-state index in [1.165, 1.54) is 6.39 Å². The van der Waals surface area contributed by atoms with Crippen LogP contribution < -0.4 is 0 Å². The van der Waals surface area contributed by atoms with E-state index in [1.54, 1.807) is 0 Å². The van der Waals surface area contributed by atoms with Gasteiger partial charge in [0, 0.05) is 36.0 Å². The fourth-order valence-corrected chi connectivity index (χ4v) is 4.70. The van der Waals surface area contributed by atoms with Gasteiger partial charge < -0.3 is 19.0 Å². The normalized spacial score (nSPS) is 13.8. The minimum atomic E-state index is 0.121. The third kappa shape index (κ3) is 2.73. The molecule has 0 radical (unpaired) electrons. The largest absolute Gasteiger partial charge is 0.506 e. The van der Waals surface area contributed by atoms with Crippen molar-refractivity contribution in [2.75, 3.05) is 19.6 Å². The van der Waals surface area contributed by atoms with E-state index in [9.17, 15) is 9.90 Å². The number of benzene rings is 2. The summed E-state index contributed by atoms with van der Waals surface area (Å²) < 4.78 is 7.59. The number of hydrogen-bond acceptors (Lipinski definition) is 6. The number of likely N-dealkylation sites (N-methyl/N-ethyl adjacent to an activating group) is 1. The quantitative estimate of drug-likeness (QED) is 0.522. The molecule has 30 heavy (non-hydrogen) atoms. The molecular formula is C23H24N4O3. The summed E-state index contributed by atoms with van der Waals surface area (Å²) in [5.41, 5.74) is 4.30. The molecule has 0 spiro atoms. The lowest BCUT2D eigenvalue weighted by molar-refractivity contribution is 0.0994. The highest BCUT2D eigenvalue weighted by molar-refractivity contribution is 6.18. The molecule has 0 unspecified atom stereocenters. The molecule has 5 rings (SSSR count). The highest BCUT2D eigenvalue weighted by atomic mass is 16.4. The molecule has 2 heterocycles. The second-order valence-corrected chi connectivity index (χ2v) is 7.69. The lowest BCUT2D eigenvalue weighted by atomic mass is 10.0. The van der Waals surface area contributed by atoms with Crippen molar-refractivity contribution >= 4 is 27.6 Å². The number of Topliss-reactive ketones (excluding diaryl/α,β-unsaturated/α-hetero) is 1. The van der Waals surface area contributed by atoms with Crippen molar-refractivity contribution in [2.24, 2.45) is 0 Å². The Kier molecular flexibility index (Phi) is 4.55. The summed E-state index contributed by atoms with van der Waals surface area (Å²) in [6.45, 7) is 8.02. The number of nitrogens with zero attached hydrogens (tertiary/aromatic N) is 4. The number of aryl methyl sites for hydroxylation is 1. The highest BCUT2D eigenvalue weighted by Crippen LogP contribution is 2.44. The molecular weight excluding hydrogens is 380 g/mol. The Hall–Kier alpha value is -3.19. The zero-order valence-corrected chi connectivity index (χ0v) is 17.2. The second kappa shape index (κ2) is 7.25. The van der Waals surface area contributed by atoms with Crippen LogP contribution in [0.5, 0.6) is 5.75 Å². The number of hydrogen-bond donors (Lipinski definition) is 1. The maximum atomic E-state index is 12.4. The van der Waals surface area contributed by atoms with Crippen LogP contribution in [0.4, 0.5) is 0 Å². The predicted molar refractivity (Wildman–Crippen MR) is 115 cm³/mol. The van der Waals surface area contributed by atoms with Gasteiger partial charge in [0.1, 0.15) is 5.75 Å². The van der Waals surface area contributed by atoms with Crippen molar-refractivity contribution < 1.29 is 14.3 Å². The van der Waals surface area contributed by atoms with E-state index in [2.05, 4.69) is 33.5 Å². The number of carbonyl (C=O) groups is 1. The number of fused-ring (bicyclic) bond motifs is 5. The van der Waals surface area contributed by atoms with Gasteiger partial charge in [-0.15, -0.1) is 10.2 Å². The standard InChI is InChI=1S/C23H24N4O3/c1-3-26(4-2)11-12-27-17-8-5-14-15(7-10-19(14)28)20(17)21-18(27)9-6-16(22(21)29)23-25-24-13-30-23/h5-6,8-9,13,29H,3-4,7,10-12H2,1-2H3. The third-order valence-electron chi connectivity index (χ3n) is 6.31. The summed E-state index contributed by atoms with van der Waals surface area (Å²) in [5.74, 6) is 0.571. The number of phenols is 1. The Morgan fingerprint density at radius 1 is 1.07 bits per heavy atom. The van der Waals surface area contributed by atoms with E-state index in [4.69, 9.17) is 4.42 Å². The monoisotopic (exact) mass is 404 g/mol. The van der Waals surface area contributed by atoms with Crippen molar-refractivity contribution in [3.8, 4) is 17.2 Å². The van der Waals surface area contributed by atoms with E-state index < -0.39 is 0 Å². The molecule has 0 aliphatic heterocycles. The molecule has 4 aromatic rings. The fraction of sp³-hybridized carbons (Fsp3) is 0.348. The molecule has 0 amide bonds. The van der Waals surface area contributed by atoms with Gasteiger partial charge in [0.25, 0.3) is 5.89 Å². The summed E-state index contributed by atoms with van der Waals surface area (Å²) in [4.78, 5) is 14.8. The molecule has 0 bridgehead atoms. The molecule has 0 atom stereocenters. The molecule has 2 aromatic heterocycles. The van der Waals surface area contributed by atoms with Gasteiger partial charge in [0.15, 0.2) is 5.78 Å².